The van der Waals surface area contributed by atoms with Gasteiger partial charge in [-0.25, -0.2) is 0 Å². The lowest BCUT2D eigenvalue weighted by molar-refractivity contribution is -0.140. The van der Waals surface area contributed by atoms with Gasteiger partial charge in [-0.15, -0.1) is 11.8 Å². The van der Waals surface area contributed by atoms with Gasteiger partial charge in [0.25, 0.3) is 0 Å². The van der Waals surface area contributed by atoms with Gasteiger partial charge in [0.15, 0.2) is 0 Å². The third kappa shape index (κ3) is 7.05. The van der Waals surface area contributed by atoms with Gasteiger partial charge < -0.3 is 4.74 Å². The Morgan fingerprint density at radius 2 is 1.88 bits per heavy atom. The summed E-state index contributed by atoms with van der Waals surface area (Å²) < 4.78 is 5.29. The Kier molecular flexibility index (Phi) is 5.56. The van der Waals surface area contributed by atoms with Crippen molar-refractivity contribution in [3.63, 3.8) is 0 Å². The fourth-order valence-electron chi connectivity index (χ4n) is 1.24. The number of benzene rings is 1. The van der Waals surface area contributed by atoms with Gasteiger partial charge in [0, 0.05) is 11.2 Å². The number of esters is 1. The highest BCUT2D eigenvalue weighted by atomic mass is 32.2. The van der Waals surface area contributed by atoms with Crippen molar-refractivity contribution in [1.29, 1.82) is 0 Å². The van der Waals surface area contributed by atoms with E-state index in [1.54, 1.807) is 11.8 Å². The normalized spacial score (nSPS) is 11.2. The van der Waals surface area contributed by atoms with Gasteiger partial charge >= 0.3 is 5.97 Å². The zero-order valence-corrected chi connectivity index (χ0v) is 11.5. The summed E-state index contributed by atoms with van der Waals surface area (Å²) in [7, 11) is 0. The number of hydrogen-bond donors (Lipinski definition) is 0. The van der Waals surface area contributed by atoms with Crippen LogP contribution in [0.4, 0.5) is 0 Å². The maximum Gasteiger partial charge on any atom is 0.315 e. The van der Waals surface area contributed by atoms with Gasteiger partial charge in [-0.2, -0.15) is 0 Å². The van der Waals surface area contributed by atoms with E-state index >= 15 is 0 Å². The molecule has 1 aromatic rings. The zero-order chi connectivity index (χ0) is 12.7. The second-order valence-corrected chi connectivity index (χ2v) is 6.66. The quantitative estimate of drug-likeness (QED) is 0.752. The zero-order valence-electron chi connectivity index (χ0n) is 10.7. The van der Waals surface area contributed by atoms with Crippen LogP contribution >= 0.6 is 11.8 Å². The molecule has 2 nitrogen and oxygen atoms in total. The first kappa shape index (κ1) is 14.1. The lowest BCUT2D eigenvalue weighted by Crippen LogP contribution is -2.16. The number of carbonyl (C=O) groups is 1. The number of carbonyl (C=O) groups excluding carboxylic acids is 1. The van der Waals surface area contributed by atoms with E-state index in [2.05, 4.69) is 20.8 Å². The monoisotopic (exact) mass is 252 g/mol. The van der Waals surface area contributed by atoms with Crippen LogP contribution in [0, 0.1) is 0 Å². The van der Waals surface area contributed by atoms with Gasteiger partial charge in [0.2, 0.25) is 0 Å². The van der Waals surface area contributed by atoms with E-state index in [4.69, 9.17) is 4.74 Å². The second-order valence-electron chi connectivity index (χ2n) is 4.86. The van der Waals surface area contributed by atoms with Crippen LogP contribution in [-0.2, 0) is 16.0 Å². The summed E-state index contributed by atoms with van der Waals surface area (Å²) in [6.45, 7) is 6.74. The van der Waals surface area contributed by atoms with E-state index in [-0.39, 0.29) is 10.7 Å². The fraction of sp³-hybridized carbons (Fsp3) is 0.500. The van der Waals surface area contributed by atoms with Crippen molar-refractivity contribution in [1.82, 2.24) is 0 Å². The van der Waals surface area contributed by atoms with E-state index in [0.717, 1.165) is 6.42 Å². The van der Waals surface area contributed by atoms with Crippen LogP contribution in [0.1, 0.15) is 26.3 Å². The van der Waals surface area contributed by atoms with Gasteiger partial charge in [-0.1, -0.05) is 51.1 Å². The maximum absolute atomic E-state index is 11.4. The highest BCUT2D eigenvalue weighted by molar-refractivity contribution is 8.01. The second kappa shape index (κ2) is 6.70. The molecule has 0 N–H and O–H groups in total. The molecular weight excluding hydrogens is 232 g/mol. The minimum atomic E-state index is -0.124. The SMILES string of the molecule is CC(C)(C)SCC(=O)OCCc1ccccc1. The predicted molar refractivity (Wildman–Crippen MR) is 73.3 cm³/mol. The molecule has 0 spiro atoms. The first-order valence-electron chi connectivity index (χ1n) is 5.81. The van der Waals surface area contributed by atoms with E-state index in [1.807, 2.05) is 30.3 Å². The van der Waals surface area contributed by atoms with E-state index in [0.29, 0.717) is 12.4 Å². The third-order valence-corrected chi connectivity index (χ3v) is 3.37. The molecule has 94 valence electrons. The first-order chi connectivity index (χ1) is 7.97. The van der Waals surface area contributed by atoms with Crippen molar-refractivity contribution in [3.8, 4) is 0 Å². The topological polar surface area (TPSA) is 26.3 Å². The molecule has 0 aromatic heterocycles. The van der Waals surface area contributed by atoms with Crippen LogP contribution in [0.2, 0.25) is 0 Å². The van der Waals surface area contributed by atoms with Gasteiger partial charge in [-0.3, -0.25) is 4.79 Å². The Morgan fingerprint density at radius 3 is 2.47 bits per heavy atom. The van der Waals surface area contributed by atoms with Crippen molar-refractivity contribution < 1.29 is 9.53 Å². The lowest BCUT2D eigenvalue weighted by atomic mass is 10.2. The molecule has 0 heterocycles. The summed E-state index contributed by atoms with van der Waals surface area (Å²) in [5.74, 6) is 0.305. The molecule has 3 heteroatoms. The Morgan fingerprint density at radius 1 is 1.24 bits per heavy atom. The minimum Gasteiger partial charge on any atom is -0.465 e. The van der Waals surface area contributed by atoms with Crippen LogP contribution in [0.15, 0.2) is 30.3 Å². The van der Waals surface area contributed by atoms with E-state index < -0.39 is 0 Å². The van der Waals surface area contributed by atoms with E-state index in [1.165, 1.54) is 5.56 Å². The summed E-state index contributed by atoms with van der Waals surface area (Å²) in [6, 6.07) is 10.0. The summed E-state index contributed by atoms with van der Waals surface area (Å²) in [4.78, 5) is 11.4. The molecule has 0 atom stereocenters. The van der Waals surface area contributed by atoms with Crippen molar-refractivity contribution in [2.45, 2.75) is 31.9 Å². The average molecular weight is 252 g/mol. The van der Waals surface area contributed by atoms with Crippen molar-refractivity contribution in [2.24, 2.45) is 0 Å². The molecule has 0 unspecified atom stereocenters. The molecule has 0 fully saturated rings. The highest BCUT2D eigenvalue weighted by Crippen LogP contribution is 2.22. The predicted octanol–water partition coefficient (Wildman–Crippen LogP) is 3.30. The molecule has 0 saturated carbocycles. The molecule has 0 amide bonds. The maximum atomic E-state index is 11.4. The van der Waals surface area contributed by atoms with Crippen LogP contribution in [0.5, 0.6) is 0 Å². The number of hydrogen-bond acceptors (Lipinski definition) is 3. The summed E-state index contributed by atoms with van der Waals surface area (Å²) in [6.07, 6.45) is 0.784. The lowest BCUT2D eigenvalue weighted by Gasteiger charge is -2.16. The standard InChI is InChI=1S/C14H20O2S/c1-14(2,3)17-11-13(15)16-10-9-12-7-5-4-6-8-12/h4-8H,9-11H2,1-3H3. The van der Waals surface area contributed by atoms with Crippen molar-refractivity contribution in [3.05, 3.63) is 35.9 Å². The molecule has 0 aliphatic carbocycles. The van der Waals surface area contributed by atoms with Crippen LogP contribution in [0.3, 0.4) is 0 Å². The average Bonchev–Trinajstić information content (AvgIpc) is 2.27. The smallest absolute Gasteiger partial charge is 0.315 e. The van der Waals surface area contributed by atoms with E-state index in [9.17, 15) is 4.79 Å². The van der Waals surface area contributed by atoms with Crippen LogP contribution < -0.4 is 0 Å². The van der Waals surface area contributed by atoms with Gasteiger partial charge in [0.05, 0.1) is 12.4 Å². The largest absolute Gasteiger partial charge is 0.465 e. The first-order valence-corrected chi connectivity index (χ1v) is 6.79. The van der Waals surface area contributed by atoms with Gasteiger partial charge in [-0.05, 0) is 5.56 Å². The fourth-order valence-corrected chi connectivity index (χ4v) is 1.88. The molecule has 1 rings (SSSR count). The van der Waals surface area contributed by atoms with Gasteiger partial charge in [0.1, 0.15) is 0 Å². The number of rotatable bonds is 5. The Labute approximate surface area is 108 Å². The Balaban J connectivity index is 2.17. The Bertz CT molecular complexity index is 341. The molecule has 17 heavy (non-hydrogen) atoms. The summed E-state index contributed by atoms with van der Waals surface area (Å²) >= 11 is 1.61. The molecule has 1 aromatic carbocycles. The minimum absolute atomic E-state index is 0.110. The third-order valence-electron chi connectivity index (χ3n) is 2.12. The molecule has 0 bridgehead atoms. The van der Waals surface area contributed by atoms with Crippen molar-refractivity contribution >= 4 is 17.7 Å². The highest BCUT2D eigenvalue weighted by Gasteiger charge is 2.13. The van der Waals surface area contributed by atoms with Crippen LogP contribution in [0.25, 0.3) is 0 Å². The Hall–Kier alpha value is -0.960. The summed E-state index contributed by atoms with van der Waals surface area (Å²) in [5.41, 5.74) is 1.20. The molecule has 0 saturated heterocycles. The number of ether oxygens (including phenoxy) is 1. The molecule has 0 aliphatic rings. The van der Waals surface area contributed by atoms with Crippen molar-refractivity contribution in [2.75, 3.05) is 12.4 Å². The molecular formula is C14H20O2S. The number of thioether (sulfide) groups is 1. The molecule has 0 radical (unpaired) electrons. The summed E-state index contributed by atoms with van der Waals surface area (Å²) in [5, 5.41) is 0. The van der Waals surface area contributed by atoms with Crippen LogP contribution in [-0.4, -0.2) is 23.1 Å². The molecule has 0 aliphatic heterocycles.